The Kier molecular flexibility index (Phi) is 4.69. The summed E-state index contributed by atoms with van der Waals surface area (Å²) in [7, 11) is 3.71. The van der Waals surface area contributed by atoms with E-state index in [1.165, 1.54) is 0 Å². The van der Waals surface area contributed by atoms with Gasteiger partial charge in [-0.3, -0.25) is 14.3 Å². The topological polar surface area (TPSA) is 89.2 Å². The lowest BCUT2D eigenvalue weighted by atomic mass is 9.75. The summed E-state index contributed by atoms with van der Waals surface area (Å²) in [6.07, 6.45) is 6.16. The van der Waals surface area contributed by atoms with Crippen molar-refractivity contribution in [2.45, 2.75) is 25.8 Å². The summed E-state index contributed by atoms with van der Waals surface area (Å²) in [4.78, 5) is 39.6. The Balaban J connectivity index is 1.45. The summed E-state index contributed by atoms with van der Waals surface area (Å²) < 4.78 is 3.51. The molecule has 1 spiro atoms. The summed E-state index contributed by atoms with van der Waals surface area (Å²) in [5.41, 5.74) is 1.52. The van der Waals surface area contributed by atoms with Crippen LogP contribution >= 0.6 is 11.3 Å². The van der Waals surface area contributed by atoms with E-state index >= 15 is 0 Å². The van der Waals surface area contributed by atoms with Crippen molar-refractivity contribution < 1.29 is 9.59 Å². The molecule has 0 radical (unpaired) electrons. The van der Waals surface area contributed by atoms with Gasteiger partial charge >= 0.3 is 0 Å². The van der Waals surface area contributed by atoms with E-state index in [1.54, 1.807) is 46.6 Å². The van der Waals surface area contributed by atoms with Crippen molar-refractivity contribution in [3.8, 4) is 0 Å². The molecular weight excluding hydrogens is 414 g/mol. The Labute approximate surface area is 184 Å². The fourth-order valence-corrected chi connectivity index (χ4v) is 5.50. The van der Waals surface area contributed by atoms with Crippen molar-refractivity contribution in [2.75, 3.05) is 19.6 Å². The number of hydrogen-bond acceptors (Lipinski definition) is 6. The lowest BCUT2D eigenvalue weighted by Gasteiger charge is -2.27. The highest BCUT2D eigenvalue weighted by molar-refractivity contribution is 7.09. The molecule has 0 N–H and O–H groups in total. The second-order valence-electron chi connectivity index (χ2n) is 8.57. The third kappa shape index (κ3) is 3.34. The highest BCUT2D eigenvalue weighted by Gasteiger charge is 2.58. The molecule has 0 aliphatic carbocycles. The largest absolute Gasteiger partial charge is 0.340 e. The molecule has 2 aliphatic heterocycles. The van der Waals surface area contributed by atoms with Gasteiger partial charge in [0.2, 0.25) is 5.91 Å². The molecule has 162 valence electrons. The zero-order valence-corrected chi connectivity index (χ0v) is 18.7. The Hall–Kier alpha value is -3.01. The molecule has 31 heavy (non-hydrogen) atoms. The number of carbonyl (C=O) groups excluding carboxylic acids is 2. The van der Waals surface area contributed by atoms with E-state index in [1.807, 2.05) is 35.0 Å². The van der Waals surface area contributed by atoms with Gasteiger partial charge in [-0.2, -0.15) is 5.10 Å². The van der Waals surface area contributed by atoms with Crippen LogP contribution < -0.4 is 0 Å². The molecule has 2 aliphatic rings. The molecule has 9 nitrogen and oxygen atoms in total. The molecule has 2 saturated heterocycles. The fraction of sp³-hybridized carbons (Fsp3) is 0.476. The van der Waals surface area contributed by atoms with Crippen LogP contribution in [0.1, 0.15) is 39.2 Å². The van der Waals surface area contributed by atoms with Crippen LogP contribution in [0, 0.1) is 12.3 Å². The first-order chi connectivity index (χ1) is 14.9. The molecule has 2 atom stereocenters. The summed E-state index contributed by atoms with van der Waals surface area (Å²) >= 11 is 1.59. The zero-order valence-electron chi connectivity index (χ0n) is 17.9. The highest BCUT2D eigenvalue weighted by atomic mass is 32.1. The number of rotatable bonds is 4. The van der Waals surface area contributed by atoms with E-state index in [0.717, 1.165) is 16.4 Å². The van der Waals surface area contributed by atoms with Crippen LogP contribution in [-0.2, 0) is 25.4 Å². The van der Waals surface area contributed by atoms with Crippen LogP contribution in [0.4, 0.5) is 0 Å². The molecule has 2 fully saturated rings. The first-order valence-corrected chi connectivity index (χ1v) is 11.2. The standard InChI is InChI=1S/C21H25N7O2S/c1-14-23-15(11-31-14)8-27-7-5-21(20(27)30)12-28(19(29)17-4-6-26(3)24-17)9-16(21)18-10-25(2)13-22-18/h4,6,10-11,13,16H,5,7-9,12H2,1-3H3/t16-,21+/m0/s1. The van der Waals surface area contributed by atoms with Crippen molar-refractivity contribution in [3.63, 3.8) is 0 Å². The summed E-state index contributed by atoms with van der Waals surface area (Å²) in [6.45, 7) is 3.98. The second kappa shape index (κ2) is 7.30. The van der Waals surface area contributed by atoms with Crippen molar-refractivity contribution in [1.82, 2.24) is 34.1 Å². The Morgan fingerprint density at radius 2 is 2.19 bits per heavy atom. The first-order valence-electron chi connectivity index (χ1n) is 10.3. The SMILES string of the molecule is Cc1nc(CN2CC[C@]3(CN(C(=O)c4ccn(C)n4)C[C@H]3c3cn(C)cn3)C2=O)cs1. The van der Waals surface area contributed by atoms with Gasteiger partial charge in [-0.1, -0.05) is 0 Å². The number of aryl methyl sites for hydroxylation is 3. The second-order valence-corrected chi connectivity index (χ2v) is 9.63. The number of nitrogens with zero attached hydrogens (tertiary/aromatic N) is 7. The highest BCUT2D eigenvalue weighted by Crippen LogP contribution is 2.50. The van der Waals surface area contributed by atoms with Gasteiger partial charge in [0.1, 0.15) is 5.69 Å². The van der Waals surface area contributed by atoms with E-state index in [0.29, 0.717) is 38.3 Å². The molecule has 5 rings (SSSR count). The molecule has 3 aromatic heterocycles. The third-order valence-electron chi connectivity index (χ3n) is 6.41. The molecule has 0 unspecified atom stereocenters. The molecule has 2 amide bonds. The van der Waals surface area contributed by atoms with Crippen LogP contribution in [0.3, 0.4) is 0 Å². The maximum atomic E-state index is 13.7. The first kappa shape index (κ1) is 19.9. The van der Waals surface area contributed by atoms with Gasteiger partial charge in [-0.25, -0.2) is 9.97 Å². The molecule has 5 heterocycles. The number of hydrogen-bond donors (Lipinski definition) is 0. The number of carbonyl (C=O) groups is 2. The molecule has 3 aromatic rings. The van der Waals surface area contributed by atoms with E-state index in [9.17, 15) is 9.59 Å². The summed E-state index contributed by atoms with van der Waals surface area (Å²) in [5.74, 6) is -0.194. The minimum Gasteiger partial charge on any atom is -0.340 e. The molecule has 0 bridgehead atoms. The monoisotopic (exact) mass is 439 g/mol. The lowest BCUT2D eigenvalue weighted by molar-refractivity contribution is -0.136. The Bertz CT molecular complexity index is 1150. The quantitative estimate of drug-likeness (QED) is 0.616. The van der Waals surface area contributed by atoms with Crippen LogP contribution in [0.25, 0.3) is 0 Å². The lowest BCUT2D eigenvalue weighted by Crippen LogP contribution is -2.40. The van der Waals surface area contributed by atoms with Gasteiger partial charge in [0.05, 0.1) is 34.7 Å². The van der Waals surface area contributed by atoms with Gasteiger partial charge in [-0.05, 0) is 19.4 Å². The minimum absolute atomic E-state index is 0.0881. The number of aromatic nitrogens is 5. The van der Waals surface area contributed by atoms with Gasteiger partial charge in [0.15, 0.2) is 0 Å². The van der Waals surface area contributed by atoms with Crippen LogP contribution in [-0.4, -0.2) is 65.6 Å². The van der Waals surface area contributed by atoms with Crippen LogP contribution in [0.5, 0.6) is 0 Å². The summed E-state index contributed by atoms with van der Waals surface area (Å²) in [6, 6.07) is 1.72. The molecule has 10 heteroatoms. The summed E-state index contributed by atoms with van der Waals surface area (Å²) in [5, 5.41) is 7.27. The Morgan fingerprint density at radius 3 is 2.84 bits per heavy atom. The fourth-order valence-electron chi connectivity index (χ4n) is 4.90. The van der Waals surface area contributed by atoms with Gasteiger partial charge in [-0.15, -0.1) is 11.3 Å². The predicted octanol–water partition coefficient (Wildman–Crippen LogP) is 1.58. The number of thiazole rings is 1. The number of imidazole rings is 1. The maximum absolute atomic E-state index is 13.7. The smallest absolute Gasteiger partial charge is 0.274 e. The number of likely N-dealkylation sites (tertiary alicyclic amines) is 2. The maximum Gasteiger partial charge on any atom is 0.274 e. The molecule has 0 saturated carbocycles. The van der Waals surface area contributed by atoms with Gasteiger partial charge in [0, 0.05) is 57.4 Å². The minimum atomic E-state index is -0.663. The number of amides is 2. The van der Waals surface area contributed by atoms with E-state index in [-0.39, 0.29) is 17.7 Å². The van der Waals surface area contributed by atoms with E-state index < -0.39 is 5.41 Å². The van der Waals surface area contributed by atoms with Crippen LogP contribution in [0.15, 0.2) is 30.2 Å². The van der Waals surface area contributed by atoms with Crippen LogP contribution in [0.2, 0.25) is 0 Å². The van der Waals surface area contributed by atoms with Crippen molar-refractivity contribution >= 4 is 23.2 Å². The predicted molar refractivity (Wildman–Crippen MR) is 114 cm³/mol. The average molecular weight is 440 g/mol. The third-order valence-corrected chi connectivity index (χ3v) is 7.23. The van der Waals surface area contributed by atoms with E-state index in [2.05, 4.69) is 15.1 Å². The zero-order chi connectivity index (χ0) is 21.8. The van der Waals surface area contributed by atoms with Gasteiger partial charge in [0.25, 0.3) is 5.91 Å². The molecule has 0 aromatic carbocycles. The van der Waals surface area contributed by atoms with Crippen molar-refractivity contribution in [1.29, 1.82) is 0 Å². The van der Waals surface area contributed by atoms with Crippen molar-refractivity contribution in [3.05, 3.63) is 52.3 Å². The molecular formula is C21H25N7O2S. The Morgan fingerprint density at radius 1 is 1.35 bits per heavy atom. The van der Waals surface area contributed by atoms with E-state index in [4.69, 9.17) is 0 Å². The van der Waals surface area contributed by atoms with Gasteiger partial charge < -0.3 is 14.4 Å². The van der Waals surface area contributed by atoms with Crippen molar-refractivity contribution in [2.24, 2.45) is 19.5 Å². The normalized spacial score (nSPS) is 23.5. The average Bonchev–Trinajstić information content (AvgIpc) is 3.54.